The molecule has 0 saturated carbocycles. The van der Waals surface area contributed by atoms with Crippen molar-refractivity contribution in [3.63, 3.8) is 0 Å². The Balaban J connectivity index is 2.26. The van der Waals surface area contributed by atoms with Gasteiger partial charge in [0.25, 0.3) is 0 Å². The maximum Gasteiger partial charge on any atom is 0.140 e. The molecule has 1 nitrogen and oxygen atoms in total. The molecule has 1 heterocycles. The molecule has 2 rings (SSSR count). The van der Waals surface area contributed by atoms with E-state index in [2.05, 4.69) is 0 Å². The predicted molar refractivity (Wildman–Crippen MR) is 52.2 cm³/mol. The Morgan fingerprint density at radius 1 is 1.08 bits per heavy atom. The van der Waals surface area contributed by atoms with Gasteiger partial charge in [0.2, 0.25) is 0 Å². The first kappa shape index (κ1) is 7.50. The second-order valence-electron chi connectivity index (χ2n) is 2.37. The highest BCUT2D eigenvalue weighted by Crippen LogP contribution is 2.24. The van der Waals surface area contributed by atoms with Gasteiger partial charge in [-0.1, -0.05) is 42.1 Å². The lowest BCUT2D eigenvalue weighted by Crippen LogP contribution is -1.86. The average molecular weight is 176 g/mol. The molecule has 1 aliphatic rings. The number of benzene rings is 1. The molecule has 0 fully saturated rings. The van der Waals surface area contributed by atoms with Crippen LogP contribution in [0.2, 0.25) is 0 Å². The molecule has 60 valence electrons. The van der Waals surface area contributed by atoms with Crippen LogP contribution in [0.1, 0.15) is 5.56 Å². The van der Waals surface area contributed by atoms with Gasteiger partial charge in [0, 0.05) is 16.4 Å². The van der Waals surface area contributed by atoms with Crippen LogP contribution in [0.15, 0.2) is 47.4 Å². The number of hydrogen-bond donors (Lipinski definition) is 0. The Bertz CT molecular complexity index is 314. The van der Waals surface area contributed by atoms with Crippen molar-refractivity contribution >= 4 is 17.5 Å². The minimum atomic E-state index is 0.920. The Kier molecular flexibility index (Phi) is 2.19. The quantitative estimate of drug-likeness (QED) is 0.649. The Labute approximate surface area is 75.7 Å². The molecule has 12 heavy (non-hydrogen) atoms. The van der Waals surface area contributed by atoms with Gasteiger partial charge in [-0.3, -0.25) is 0 Å². The third-order valence-electron chi connectivity index (χ3n) is 1.56. The summed E-state index contributed by atoms with van der Waals surface area (Å²) in [6.45, 7) is 0. The highest BCUT2D eigenvalue weighted by molar-refractivity contribution is 8.05. The van der Waals surface area contributed by atoms with Crippen molar-refractivity contribution in [3.8, 4) is 0 Å². The smallest absolute Gasteiger partial charge is 0.140 e. The number of ether oxygens (including phenoxy) is 1. The third-order valence-corrected chi connectivity index (χ3v) is 2.18. The topological polar surface area (TPSA) is 9.23 Å². The number of rotatable bonds is 1. The lowest BCUT2D eigenvalue weighted by atomic mass is 10.2. The summed E-state index contributed by atoms with van der Waals surface area (Å²) in [5, 5.41) is 3.90. The molecule has 0 bridgehead atoms. The Morgan fingerprint density at radius 3 is 2.58 bits per heavy atom. The molecule has 0 aliphatic carbocycles. The van der Waals surface area contributed by atoms with Crippen LogP contribution in [0.3, 0.4) is 0 Å². The van der Waals surface area contributed by atoms with Crippen molar-refractivity contribution < 1.29 is 4.74 Å². The molecule has 0 unspecified atom stereocenters. The van der Waals surface area contributed by atoms with Crippen LogP contribution in [-0.4, -0.2) is 0 Å². The van der Waals surface area contributed by atoms with E-state index in [0.717, 1.165) is 11.3 Å². The van der Waals surface area contributed by atoms with Crippen molar-refractivity contribution in [2.75, 3.05) is 0 Å². The van der Waals surface area contributed by atoms with Crippen LogP contribution in [0.4, 0.5) is 0 Å². The molecule has 1 aliphatic heterocycles. The SMILES string of the molecule is C1=CSC=C(c2ccccc2)O1. The first-order chi connectivity index (χ1) is 5.97. The second kappa shape index (κ2) is 3.50. The van der Waals surface area contributed by atoms with Crippen molar-refractivity contribution in [3.05, 3.63) is 53.0 Å². The van der Waals surface area contributed by atoms with Crippen LogP contribution in [0, 0.1) is 0 Å². The Morgan fingerprint density at radius 2 is 1.92 bits per heavy atom. The first-order valence-corrected chi connectivity index (χ1v) is 4.64. The van der Waals surface area contributed by atoms with E-state index < -0.39 is 0 Å². The molecule has 0 saturated heterocycles. The zero-order valence-corrected chi connectivity index (χ0v) is 7.25. The lowest BCUT2D eigenvalue weighted by molar-refractivity contribution is 0.437. The van der Waals surface area contributed by atoms with E-state index >= 15 is 0 Å². The van der Waals surface area contributed by atoms with E-state index in [1.165, 1.54) is 0 Å². The Hall–Kier alpha value is -1.15. The van der Waals surface area contributed by atoms with Gasteiger partial charge in [0.1, 0.15) is 5.76 Å². The zero-order valence-electron chi connectivity index (χ0n) is 6.44. The van der Waals surface area contributed by atoms with Crippen molar-refractivity contribution in [1.82, 2.24) is 0 Å². The highest BCUT2D eigenvalue weighted by Gasteiger charge is 2.02. The number of thioether (sulfide) groups is 1. The van der Waals surface area contributed by atoms with E-state index in [-0.39, 0.29) is 0 Å². The van der Waals surface area contributed by atoms with Gasteiger partial charge < -0.3 is 4.74 Å². The zero-order chi connectivity index (χ0) is 8.23. The third kappa shape index (κ3) is 1.53. The van der Waals surface area contributed by atoms with Crippen LogP contribution < -0.4 is 0 Å². The average Bonchev–Trinajstić information content (AvgIpc) is 2.21. The summed E-state index contributed by atoms with van der Waals surface area (Å²) < 4.78 is 5.32. The normalized spacial score (nSPS) is 15.2. The molecule has 0 radical (unpaired) electrons. The standard InChI is InChI=1S/C10H8OS/c1-2-4-9(5-3-1)10-8-12-7-6-11-10/h1-8H. The minimum Gasteiger partial charge on any atom is -0.463 e. The van der Waals surface area contributed by atoms with Gasteiger partial charge >= 0.3 is 0 Å². The molecule has 1 aromatic carbocycles. The van der Waals surface area contributed by atoms with Crippen LogP contribution in [-0.2, 0) is 4.74 Å². The summed E-state index contributed by atoms with van der Waals surface area (Å²) in [4.78, 5) is 0. The molecule has 0 amide bonds. The van der Waals surface area contributed by atoms with Crippen LogP contribution in [0.25, 0.3) is 5.76 Å². The largest absolute Gasteiger partial charge is 0.463 e. The van der Waals surface area contributed by atoms with Gasteiger partial charge in [-0.2, -0.15) is 0 Å². The summed E-state index contributed by atoms with van der Waals surface area (Å²) in [6.07, 6.45) is 1.70. The minimum absolute atomic E-state index is 0.920. The summed E-state index contributed by atoms with van der Waals surface area (Å²) in [5.41, 5.74) is 1.12. The summed E-state index contributed by atoms with van der Waals surface area (Å²) >= 11 is 1.63. The van der Waals surface area contributed by atoms with Crippen molar-refractivity contribution in [2.45, 2.75) is 0 Å². The summed E-state index contributed by atoms with van der Waals surface area (Å²) in [6, 6.07) is 10.1. The van der Waals surface area contributed by atoms with E-state index in [4.69, 9.17) is 4.74 Å². The molecule has 0 atom stereocenters. The molecule has 0 N–H and O–H groups in total. The van der Waals surface area contributed by atoms with Gasteiger partial charge in [-0.25, -0.2) is 0 Å². The van der Waals surface area contributed by atoms with E-state index in [0.29, 0.717) is 0 Å². The predicted octanol–water partition coefficient (Wildman–Crippen LogP) is 3.22. The fraction of sp³-hybridized carbons (Fsp3) is 0. The molecular formula is C10H8OS. The highest BCUT2D eigenvalue weighted by atomic mass is 32.2. The van der Waals surface area contributed by atoms with Gasteiger partial charge in [0.05, 0.1) is 6.26 Å². The molecule has 0 aromatic heterocycles. The summed E-state index contributed by atoms with van der Waals surface area (Å²) in [7, 11) is 0. The fourth-order valence-electron chi connectivity index (χ4n) is 1.00. The van der Waals surface area contributed by atoms with Crippen LogP contribution in [0.5, 0.6) is 0 Å². The molecule has 2 heteroatoms. The summed E-state index contributed by atoms with van der Waals surface area (Å²) in [5.74, 6) is 0.920. The van der Waals surface area contributed by atoms with E-state index in [1.54, 1.807) is 18.0 Å². The second-order valence-corrected chi connectivity index (χ2v) is 3.15. The fourth-order valence-corrected chi connectivity index (χ4v) is 1.51. The molecule has 1 aromatic rings. The van der Waals surface area contributed by atoms with Crippen molar-refractivity contribution in [1.29, 1.82) is 0 Å². The van der Waals surface area contributed by atoms with Gasteiger partial charge in [-0.05, 0) is 0 Å². The van der Waals surface area contributed by atoms with Gasteiger partial charge in [-0.15, -0.1) is 0 Å². The monoisotopic (exact) mass is 176 g/mol. The van der Waals surface area contributed by atoms with E-state index in [9.17, 15) is 0 Å². The maximum absolute atomic E-state index is 5.32. The van der Waals surface area contributed by atoms with Crippen molar-refractivity contribution in [2.24, 2.45) is 0 Å². The maximum atomic E-state index is 5.32. The first-order valence-electron chi connectivity index (χ1n) is 3.69. The lowest BCUT2D eigenvalue weighted by Gasteiger charge is -2.08. The van der Waals surface area contributed by atoms with Gasteiger partial charge in [0.15, 0.2) is 0 Å². The number of hydrogen-bond acceptors (Lipinski definition) is 2. The molecular weight excluding hydrogens is 168 g/mol. The van der Waals surface area contributed by atoms with E-state index in [1.807, 2.05) is 41.1 Å². The van der Waals surface area contributed by atoms with Crippen LogP contribution >= 0.6 is 11.8 Å². The molecule has 0 spiro atoms.